The molecule has 1 N–H and O–H groups in total. The van der Waals surface area contributed by atoms with Gasteiger partial charge in [0.15, 0.2) is 0 Å². The topological polar surface area (TPSA) is 69.7 Å². The maximum Gasteiger partial charge on any atom is 0.325 e. The van der Waals surface area contributed by atoms with Gasteiger partial charge in [-0.2, -0.15) is 0 Å². The number of nitrogens with zero attached hydrogens (tertiary/aromatic N) is 2. The van der Waals surface area contributed by atoms with Crippen LogP contribution in [0.1, 0.15) is 57.4 Å². The van der Waals surface area contributed by atoms with Crippen LogP contribution in [0.4, 0.5) is 9.18 Å². The van der Waals surface area contributed by atoms with Crippen molar-refractivity contribution in [3.63, 3.8) is 0 Å². The molecular weight excluding hydrogens is 361 g/mol. The van der Waals surface area contributed by atoms with Crippen molar-refractivity contribution in [2.24, 2.45) is 0 Å². The number of halogens is 1. The first-order chi connectivity index (χ1) is 13.5. The molecule has 1 unspecified atom stereocenters. The number of rotatable bonds is 6. The maximum absolute atomic E-state index is 13.4. The fourth-order valence-corrected chi connectivity index (χ4v) is 4.01. The lowest BCUT2D eigenvalue weighted by Crippen LogP contribution is -2.46. The summed E-state index contributed by atoms with van der Waals surface area (Å²) in [4.78, 5) is 41.4. The Hall–Kier alpha value is -2.44. The molecule has 0 bridgehead atoms. The first kappa shape index (κ1) is 20.3. The third kappa shape index (κ3) is 4.03. The second-order valence-electron chi connectivity index (χ2n) is 7.63. The van der Waals surface area contributed by atoms with E-state index in [0.29, 0.717) is 25.1 Å². The van der Waals surface area contributed by atoms with Gasteiger partial charge in [0.25, 0.3) is 5.91 Å². The summed E-state index contributed by atoms with van der Waals surface area (Å²) in [6.07, 6.45) is 6.06. The zero-order chi connectivity index (χ0) is 20.1. The minimum absolute atomic E-state index is 0.198. The van der Waals surface area contributed by atoms with Crippen LogP contribution in [0, 0.1) is 5.82 Å². The molecule has 1 aromatic carbocycles. The summed E-state index contributed by atoms with van der Waals surface area (Å²) in [7, 11) is 0. The number of hydrogen-bond donors (Lipinski definition) is 1. The van der Waals surface area contributed by atoms with E-state index in [2.05, 4.69) is 5.32 Å². The smallest absolute Gasteiger partial charge is 0.325 e. The van der Waals surface area contributed by atoms with Crippen molar-refractivity contribution in [2.45, 2.75) is 57.4 Å². The fraction of sp³-hybridized carbons (Fsp3) is 0.571. The van der Waals surface area contributed by atoms with Crippen LogP contribution in [-0.2, 0) is 15.1 Å². The highest BCUT2D eigenvalue weighted by atomic mass is 19.1. The average molecular weight is 389 g/mol. The van der Waals surface area contributed by atoms with Crippen LogP contribution in [-0.4, -0.2) is 47.3 Å². The van der Waals surface area contributed by atoms with Crippen LogP contribution >= 0.6 is 0 Å². The number of hydrogen-bond acceptors (Lipinski definition) is 3. The Balaban J connectivity index is 1.82. The van der Waals surface area contributed by atoms with E-state index in [0.717, 1.165) is 43.4 Å². The Morgan fingerprint density at radius 3 is 2.36 bits per heavy atom. The molecule has 1 aromatic rings. The molecule has 3 rings (SSSR count). The van der Waals surface area contributed by atoms with E-state index in [1.54, 1.807) is 4.90 Å². The number of carbonyl (C=O) groups excluding carboxylic acids is 3. The highest BCUT2D eigenvalue weighted by Gasteiger charge is 2.52. The minimum Gasteiger partial charge on any atom is -0.341 e. The summed E-state index contributed by atoms with van der Waals surface area (Å²) >= 11 is 0. The molecular formula is C21H28FN3O3. The fourth-order valence-electron chi connectivity index (χ4n) is 4.01. The predicted molar refractivity (Wildman–Crippen MR) is 103 cm³/mol. The van der Waals surface area contributed by atoms with Crippen molar-refractivity contribution in [2.75, 3.05) is 19.6 Å². The first-order valence-corrected chi connectivity index (χ1v) is 10.2. The molecule has 6 nitrogen and oxygen atoms in total. The first-order valence-electron chi connectivity index (χ1n) is 10.2. The van der Waals surface area contributed by atoms with Gasteiger partial charge in [-0.05, 0) is 37.0 Å². The Morgan fingerprint density at radius 2 is 1.75 bits per heavy atom. The van der Waals surface area contributed by atoms with Gasteiger partial charge >= 0.3 is 6.03 Å². The van der Waals surface area contributed by atoms with Gasteiger partial charge in [-0.25, -0.2) is 9.18 Å². The number of nitrogens with one attached hydrogen (secondary N) is 1. The van der Waals surface area contributed by atoms with Crippen molar-refractivity contribution in [3.05, 3.63) is 35.6 Å². The minimum atomic E-state index is -1.24. The molecule has 0 spiro atoms. The standard InChI is InChI=1S/C21H28FN3O3/c1-2-3-12-21(16-8-10-17(22)11-9-16)19(27)25(20(28)23-21)15-18(26)24-13-6-4-5-7-14-24/h8-11H,2-7,12-15H2,1H3,(H,23,28). The van der Waals surface area contributed by atoms with E-state index in [-0.39, 0.29) is 12.5 Å². The molecule has 152 valence electrons. The van der Waals surface area contributed by atoms with E-state index in [4.69, 9.17) is 0 Å². The molecule has 2 aliphatic rings. The van der Waals surface area contributed by atoms with Gasteiger partial charge in [-0.1, -0.05) is 44.7 Å². The molecule has 2 fully saturated rings. The number of urea groups is 1. The molecule has 0 aromatic heterocycles. The van der Waals surface area contributed by atoms with E-state index in [1.165, 1.54) is 24.3 Å². The number of carbonyl (C=O) groups is 3. The second-order valence-corrected chi connectivity index (χ2v) is 7.63. The van der Waals surface area contributed by atoms with Crippen LogP contribution in [0.3, 0.4) is 0 Å². The Morgan fingerprint density at radius 1 is 1.11 bits per heavy atom. The Kier molecular flexibility index (Phi) is 6.31. The van der Waals surface area contributed by atoms with Crippen LogP contribution < -0.4 is 5.32 Å². The third-order valence-electron chi connectivity index (χ3n) is 5.67. The van der Waals surface area contributed by atoms with Crippen LogP contribution in [0.5, 0.6) is 0 Å². The van der Waals surface area contributed by atoms with E-state index >= 15 is 0 Å². The van der Waals surface area contributed by atoms with Crippen LogP contribution in [0.15, 0.2) is 24.3 Å². The monoisotopic (exact) mass is 389 g/mol. The Bertz CT molecular complexity index is 729. The molecule has 28 heavy (non-hydrogen) atoms. The van der Waals surface area contributed by atoms with E-state index in [9.17, 15) is 18.8 Å². The maximum atomic E-state index is 13.4. The highest BCUT2D eigenvalue weighted by Crippen LogP contribution is 2.34. The van der Waals surface area contributed by atoms with Gasteiger partial charge < -0.3 is 10.2 Å². The molecule has 7 heteroatoms. The van der Waals surface area contributed by atoms with E-state index < -0.39 is 23.3 Å². The van der Waals surface area contributed by atoms with Gasteiger partial charge in [-0.15, -0.1) is 0 Å². The summed E-state index contributed by atoms with van der Waals surface area (Å²) in [5.41, 5.74) is -0.690. The molecule has 2 aliphatic heterocycles. The lowest BCUT2D eigenvalue weighted by atomic mass is 9.85. The Labute approximate surface area is 165 Å². The summed E-state index contributed by atoms with van der Waals surface area (Å²) in [5, 5.41) is 2.80. The lowest BCUT2D eigenvalue weighted by molar-refractivity contribution is -0.139. The summed E-state index contributed by atoms with van der Waals surface area (Å²) in [6.45, 7) is 3.09. The second kappa shape index (κ2) is 8.71. The molecule has 2 heterocycles. The van der Waals surface area contributed by atoms with Crippen molar-refractivity contribution in [1.82, 2.24) is 15.1 Å². The third-order valence-corrected chi connectivity index (χ3v) is 5.67. The van der Waals surface area contributed by atoms with Gasteiger partial charge in [0.2, 0.25) is 5.91 Å². The lowest BCUT2D eigenvalue weighted by Gasteiger charge is -2.28. The number of likely N-dealkylation sites (tertiary alicyclic amines) is 1. The van der Waals surface area contributed by atoms with Crippen molar-refractivity contribution < 1.29 is 18.8 Å². The predicted octanol–water partition coefficient (Wildman–Crippen LogP) is 3.17. The average Bonchev–Trinajstić information content (AvgIpc) is 2.89. The summed E-state index contributed by atoms with van der Waals surface area (Å²) < 4.78 is 13.4. The van der Waals surface area contributed by atoms with Gasteiger partial charge in [0, 0.05) is 13.1 Å². The van der Waals surface area contributed by atoms with Crippen molar-refractivity contribution >= 4 is 17.8 Å². The van der Waals surface area contributed by atoms with Crippen LogP contribution in [0.25, 0.3) is 0 Å². The van der Waals surface area contributed by atoms with Crippen molar-refractivity contribution in [3.8, 4) is 0 Å². The van der Waals surface area contributed by atoms with Gasteiger partial charge in [0.05, 0.1) is 0 Å². The number of unbranched alkanes of at least 4 members (excludes halogenated alkanes) is 1. The molecule has 0 saturated carbocycles. The molecule has 2 saturated heterocycles. The molecule has 0 aliphatic carbocycles. The largest absolute Gasteiger partial charge is 0.341 e. The van der Waals surface area contributed by atoms with Crippen molar-refractivity contribution in [1.29, 1.82) is 0 Å². The normalized spacial score (nSPS) is 22.9. The molecule has 1 atom stereocenters. The number of benzene rings is 1. The molecule has 4 amide bonds. The highest BCUT2D eigenvalue weighted by molar-refractivity contribution is 6.09. The number of amides is 4. The zero-order valence-electron chi connectivity index (χ0n) is 16.4. The van der Waals surface area contributed by atoms with E-state index in [1.807, 2.05) is 6.92 Å². The quantitative estimate of drug-likeness (QED) is 0.760. The summed E-state index contributed by atoms with van der Waals surface area (Å²) in [6, 6.07) is 5.07. The number of imide groups is 1. The molecule has 0 radical (unpaired) electrons. The SMILES string of the molecule is CCCCC1(c2ccc(F)cc2)NC(=O)N(CC(=O)N2CCCCCC2)C1=O. The van der Waals surface area contributed by atoms with Gasteiger partial charge in [-0.3, -0.25) is 14.5 Å². The summed E-state index contributed by atoms with van der Waals surface area (Å²) in [5.74, 6) is -1.03. The van der Waals surface area contributed by atoms with Gasteiger partial charge in [0.1, 0.15) is 17.9 Å². The zero-order valence-corrected chi connectivity index (χ0v) is 16.4. The van der Waals surface area contributed by atoms with Crippen LogP contribution in [0.2, 0.25) is 0 Å².